The Balaban J connectivity index is 2.11. The van der Waals surface area contributed by atoms with Gasteiger partial charge in [-0.15, -0.1) is 0 Å². The van der Waals surface area contributed by atoms with Crippen LogP contribution in [0.1, 0.15) is 6.92 Å². The highest BCUT2D eigenvalue weighted by molar-refractivity contribution is 5.73. The Labute approximate surface area is 137 Å². The van der Waals surface area contributed by atoms with Crippen molar-refractivity contribution in [3.63, 3.8) is 0 Å². The third-order valence-electron chi connectivity index (χ3n) is 3.99. The molecule has 24 heavy (non-hydrogen) atoms. The molecule has 2 heterocycles. The molecule has 0 aromatic carbocycles. The molecule has 0 radical (unpaired) electrons. The second-order valence-corrected chi connectivity index (χ2v) is 5.82. The molecule has 7 N–H and O–H groups in total. The van der Waals surface area contributed by atoms with Crippen molar-refractivity contribution >= 4 is 5.91 Å². The smallest absolute Gasteiger partial charge is 0.217 e. The first-order chi connectivity index (χ1) is 11.3. The van der Waals surface area contributed by atoms with Crippen molar-refractivity contribution < 1.29 is 49.6 Å². The maximum absolute atomic E-state index is 11.2. The molecular weight excluding hydrogens is 330 g/mol. The molecule has 0 unspecified atom stereocenters. The highest BCUT2D eigenvalue weighted by atomic mass is 16.7. The summed E-state index contributed by atoms with van der Waals surface area (Å²) in [5.41, 5.74) is 0. The van der Waals surface area contributed by atoms with E-state index in [2.05, 4.69) is 5.32 Å². The van der Waals surface area contributed by atoms with Crippen LogP contribution in [0.3, 0.4) is 0 Å². The van der Waals surface area contributed by atoms with Crippen LogP contribution < -0.4 is 5.32 Å². The maximum Gasteiger partial charge on any atom is 0.217 e. The summed E-state index contributed by atoms with van der Waals surface area (Å²) in [5, 5.41) is 60.8. The zero-order valence-electron chi connectivity index (χ0n) is 12.9. The number of hydrogen-bond acceptors (Lipinski definition) is 10. The molecule has 11 nitrogen and oxygen atoms in total. The fourth-order valence-corrected chi connectivity index (χ4v) is 2.69. The van der Waals surface area contributed by atoms with Gasteiger partial charge in [-0.1, -0.05) is 0 Å². The summed E-state index contributed by atoms with van der Waals surface area (Å²) >= 11 is 0. The van der Waals surface area contributed by atoms with Gasteiger partial charge in [-0.05, 0) is 0 Å². The molecule has 0 aliphatic carbocycles. The van der Waals surface area contributed by atoms with Gasteiger partial charge in [0.25, 0.3) is 0 Å². The predicted octanol–water partition coefficient (Wildman–Crippen LogP) is -4.61. The molecule has 2 saturated heterocycles. The minimum Gasteiger partial charge on any atom is -0.394 e. The molecule has 0 spiro atoms. The van der Waals surface area contributed by atoms with Crippen molar-refractivity contribution in [3.05, 3.63) is 0 Å². The van der Waals surface area contributed by atoms with Gasteiger partial charge in [0.2, 0.25) is 5.91 Å². The fraction of sp³-hybridized carbons (Fsp3) is 0.923. The normalized spacial score (nSPS) is 46.5. The Bertz CT molecular complexity index is 437. The molecule has 0 bridgehead atoms. The number of rotatable bonds is 4. The topological polar surface area (TPSA) is 178 Å². The van der Waals surface area contributed by atoms with Crippen LogP contribution in [0.15, 0.2) is 0 Å². The van der Waals surface area contributed by atoms with Crippen molar-refractivity contribution in [2.45, 2.75) is 62.2 Å². The molecule has 0 aromatic rings. The van der Waals surface area contributed by atoms with Crippen LogP contribution in [-0.2, 0) is 19.0 Å². The van der Waals surface area contributed by atoms with Crippen molar-refractivity contribution in [2.75, 3.05) is 13.2 Å². The summed E-state index contributed by atoms with van der Waals surface area (Å²) in [6, 6.07) is -1.23. The van der Waals surface area contributed by atoms with E-state index in [0.29, 0.717) is 0 Å². The third kappa shape index (κ3) is 4.02. The van der Waals surface area contributed by atoms with Crippen LogP contribution in [0.5, 0.6) is 0 Å². The first-order valence-corrected chi connectivity index (χ1v) is 7.47. The number of aliphatic hydroxyl groups is 6. The zero-order valence-corrected chi connectivity index (χ0v) is 12.9. The molecule has 2 aliphatic rings. The Hall–Kier alpha value is -0.890. The van der Waals surface area contributed by atoms with Crippen molar-refractivity contribution in [1.29, 1.82) is 0 Å². The number of ether oxygens (including phenoxy) is 3. The molecule has 1 amide bonds. The van der Waals surface area contributed by atoms with E-state index < -0.39 is 67.8 Å². The van der Waals surface area contributed by atoms with E-state index in [0.717, 1.165) is 0 Å². The van der Waals surface area contributed by atoms with Crippen molar-refractivity contribution in [2.24, 2.45) is 0 Å². The zero-order chi connectivity index (χ0) is 18.0. The molecule has 140 valence electrons. The minimum absolute atomic E-state index is 0.311. The number of nitrogens with one attached hydrogen (secondary N) is 1. The Morgan fingerprint density at radius 2 is 1.83 bits per heavy atom. The first-order valence-electron chi connectivity index (χ1n) is 7.47. The van der Waals surface area contributed by atoms with Gasteiger partial charge in [0.15, 0.2) is 12.6 Å². The van der Waals surface area contributed by atoms with E-state index in [1.165, 1.54) is 6.92 Å². The van der Waals surface area contributed by atoms with E-state index in [-0.39, 0.29) is 6.61 Å². The van der Waals surface area contributed by atoms with Crippen LogP contribution in [0.4, 0.5) is 0 Å². The highest BCUT2D eigenvalue weighted by Gasteiger charge is 2.48. The quantitative estimate of drug-likeness (QED) is 0.260. The van der Waals surface area contributed by atoms with Gasteiger partial charge < -0.3 is 50.2 Å². The van der Waals surface area contributed by atoms with Gasteiger partial charge in [-0.25, -0.2) is 0 Å². The van der Waals surface area contributed by atoms with Crippen molar-refractivity contribution in [1.82, 2.24) is 5.32 Å². The number of carbonyl (C=O) groups is 1. The first kappa shape index (κ1) is 19.4. The van der Waals surface area contributed by atoms with Crippen LogP contribution >= 0.6 is 0 Å². The van der Waals surface area contributed by atoms with Crippen molar-refractivity contribution in [3.8, 4) is 0 Å². The Morgan fingerprint density at radius 1 is 1.17 bits per heavy atom. The van der Waals surface area contributed by atoms with E-state index in [4.69, 9.17) is 14.2 Å². The maximum atomic E-state index is 11.2. The summed E-state index contributed by atoms with van der Waals surface area (Å²) in [6.07, 6.45) is -11.3. The molecule has 0 aromatic heterocycles. The van der Waals surface area contributed by atoms with E-state index in [9.17, 15) is 35.4 Å². The Morgan fingerprint density at radius 3 is 2.42 bits per heavy atom. The third-order valence-corrected chi connectivity index (χ3v) is 3.99. The Kier molecular flexibility index (Phi) is 6.47. The van der Waals surface area contributed by atoms with Crippen LogP contribution in [0.2, 0.25) is 0 Å². The summed E-state index contributed by atoms with van der Waals surface area (Å²) in [6.45, 7) is 0.243. The summed E-state index contributed by atoms with van der Waals surface area (Å²) in [7, 11) is 0. The summed E-state index contributed by atoms with van der Waals surface area (Å²) < 4.78 is 15.6. The molecule has 2 aliphatic heterocycles. The van der Waals surface area contributed by atoms with Gasteiger partial charge in [0.1, 0.15) is 42.7 Å². The fourth-order valence-electron chi connectivity index (χ4n) is 2.69. The largest absolute Gasteiger partial charge is 0.394 e. The van der Waals surface area contributed by atoms with Crippen LogP contribution in [0, 0.1) is 0 Å². The van der Waals surface area contributed by atoms with Gasteiger partial charge in [0, 0.05) is 6.92 Å². The van der Waals surface area contributed by atoms with Gasteiger partial charge >= 0.3 is 0 Å². The predicted molar refractivity (Wildman–Crippen MR) is 74.2 cm³/mol. The lowest BCUT2D eigenvalue weighted by Crippen LogP contribution is -2.66. The summed E-state index contributed by atoms with van der Waals surface area (Å²) in [4.78, 5) is 11.2. The van der Waals surface area contributed by atoms with Crippen LogP contribution in [0.25, 0.3) is 0 Å². The minimum atomic E-state index is -1.61. The van der Waals surface area contributed by atoms with Gasteiger partial charge in [0.05, 0.1) is 13.2 Å². The second-order valence-electron chi connectivity index (χ2n) is 5.82. The molecule has 2 fully saturated rings. The second kappa shape index (κ2) is 7.99. The molecule has 2 rings (SSSR count). The summed E-state index contributed by atoms with van der Waals surface area (Å²) in [5.74, 6) is -0.532. The lowest BCUT2D eigenvalue weighted by Gasteiger charge is -2.45. The number of hydrogen-bond donors (Lipinski definition) is 7. The number of carbonyl (C=O) groups excluding carboxylic acids is 1. The SMILES string of the molecule is CC(=O)N[C@@H]1[C@@H](O)[C@H](O[C@@H]2OC[C@H](O)[C@H](O)[C@H]2O)[C@@H](CO)O[C@@H]1O. The molecule has 9 atom stereocenters. The number of amides is 1. The molecule has 11 heteroatoms. The molecule has 0 saturated carbocycles. The van der Waals surface area contributed by atoms with Gasteiger partial charge in [-0.2, -0.15) is 0 Å². The lowest BCUT2D eigenvalue weighted by atomic mass is 9.96. The average molecular weight is 353 g/mol. The van der Waals surface area contributed by atoms with E-state index in [1.54, 1.807) is 0 Å². The monoisotopic (exact) mass is 353 g/mol. The highest BCUT2D eigenvalue weighted by Crippen LogP contribution is 2.26. The van der Waals surface area contributed by atoms with Crippen LogP contribution in [-0.4, -0.2) is 105 Å². The standard InChI is InChI=1S/C13H23NO10/c1-4(16)14-7-9(19)11(6(2-15)23-12(7)21)24-13-10(20)8(18)5(17)3-22-13/h5-13,15,17-21H,2-3H2,1H3,(H,14,16)/t5-,6+,7+,8-,9+,10+,11+,12-,13-/m0/s1. The lowest BCUT2D eigenvalue weighted by molar-refractivity contribution is -0.329. The molecular formula is C13H23NO10. The number of aliphatic hydroxyl groups excluding tert-OH is 6. The average Bonchev–Trinajstić information content (AvgIpc) is 2.53. The van der Waals surface area contributed by atoms with Gasteiger partial charge in [-0.3, -0.25) is 4.79 Å². The van der Waals surface area contributed by atoms with E-state index >= 15 is 0 Å². The van der Waals surface area contributed by atoms with E-state index in [1.807, 2.05) is 0 Å².